The van der Waals surface area contributed by atoms with Crippen LogP contribution in [0.1, 0.15) is 35.7 Å². The zero-order valence-electron chi connectivity index (χ0n) is 19.3. The number of rotatable bonds is 7. The van der Waals surface area contributed by atoms with Gasteiger partial charge in [-0.1, -0.05) is 22.9 Å². The van der Waals surface area contributed by atoms with Crippen LogP contribution >= 0.6 is 15.9 Å². The molecule has 176 valence electrons. The predicted octanol–water partition coefficient (Wildman–Crippen LogP) is 4.50. The Bertz CT molecular complexity index is 1040. The molecule has 0 radical (unpaired) electrons. The van der Waals surface area contributed by atoms with Gasteiger partial charge in [-0.05, 0) is 61.2 Å². The van der Waals surface area contributed by atoms with Crippen molar-refractivity contribution in [1.29, 1.82) is 0 Å². The Morgan fingerprint density at radius 3 is 2.33 bits per heavy atom. The molecule has 1 unspecified atom stereocenters. The first kappa shape index (κ1) is 24.6. The van der Waals surface area contributed by atoms with Gasteiger partial charge in [-0.25, -0.2) is 0 Å². The second kappa shape index (κ2) is 11.2. The summed E-state index contributed by atoms with van der Waals surface area (Å²) in [5.74, 6) is 1.12. The number of methoxy groups -OCH3 is 3. The highest BCUT2D eigenvalue weighted by Gasteiger charge is 2.26. The Morgan fingerprint density at radius 1 is 1.03 bits per heavy atom. The number of benzene rings is 2. The summed E-state index contributed by atoms with van der Waals surface area (Å²) in [6, 6.07) is 10.4. The van der Waals surface area contributed by atoms with Gasteiger partial charge in [-0.15, -0.1) is 0 Å². The summed E-state index contributed by atoms with van der Waals surface area (Å²) >= 11 is 3.37. The Labute approximate surface area is 202 Å². The summed E-state index contributed by atoms with van der Waals surface area (Å²) in [5.41, 5.74) is 1.20. The molecule has 1 fully saturated rings. The molecule has 1 saturated heterocycles. The van der Waals surface area contributed by atoms with Crippen LogP contribution in [0.5, 0.6) is 17.2 Å². The fourth-order valence-electron chi connectivity index (χ4n) is 3.88. The van der Waals surface area contributed by atoms with Crippen molar-refractivity contribution in [2.24, 2.45) is 5.92 Å². The van der Waals surface area contributed by atoms with Crippen molar-refractivity contribution in [3.8, 4) is 17.2 Å². The lowest BCUT2D eigenvalue weighted by molar-refractivity contribution is -0.129. The van der Waals surface area contributed by atoms with Crippen molar-refractivity contribution in [1.82, 2.24) is 10.2 Å². The molecule has 33 heavy (non-hydrogen) atoms. The number of carbonyl (C=O) groups excluding carboxylic acids is 2. The van der Waals surface area contributed by atoms with Crippen LogP contribution in [0, 0.1) is 5.92 Å². The van der Waals surface area contributed by atoms with Gasteiger partial charge in [-0.2, -0.15) is 0 Å². The molecule has 2 aromatic rings. The van der Waals surface area contributed by atoms with E-state index in [1.165, 1.54) is 21.3 Å². The number of halogens is 1. The first-order valence-corrected chi connectivity index (χ1v) is 11.5. The molecule has 0 aromatic heterocycles. The highest BCUT2D eigenvalue weighted by atomic mass is 79.9. The second-order valence-electron chi connectivity index (χ2n) is 7.94. The number of piperidine rings is 1. The Kier molecular flexibility index (Phi) is 8.38. The minimum atomic E-state index is -0.369. The van der Waals surface area contributed by atoms with E-state index in [0.717, 1.165) is 17.3 Å². The third kappa shape index (κ3) is 5.87. The predicted molar refractivity (Wildman–Crippen MR) is 131 cm³/mol. The lowest BCUT2D eigenvalue weighted by Crippen LogP contribution is -2.43. The maximum absolute atomic E-state index is 13.5. The highest BCUT2D eigenvalue weighted by molar-refractivity contribution is 9.10. The van der Waals surface area contributed by atoms with Gasteiger partial charge in [0, 0.05) is 28.7 Å². The van der Waals surface area contributed by atoms with E-state index in [0.29, 0.717) is 47.4 Å². The van der Waals surface area contributed by atoms with Gasteiger partial charge < -0.3 is 24.4 Å². The van der Waals surface area contributed by atoms with Crippen molar-refractivity contribution in [3.63, 3.8) is 0 Å². The van der Waals surface area contributed by atoms with E-state index in [9.17, 15) is 9.59 Å². The van der Waals surface area contributed by atoms with Gasteiger partial charge in [0.1, 0.15) is 5.70 Å². The number of hydrogen-bond acceptors (Lipinski definition) is 5. The van der Waals surface area contributed by atoms with E-state index < -0.39 is 0 Å². The van der Waals surface area contributed by atoms with Crippen LogP contribution in [0.3, 0.4) is 0 Å². The number of nitrogens with zero attached hydrogens (tertiary/aromatic N) is 1. The third-order valence-electron chi connectivity index (χ3n) is 5.56. The Balaban J connectivity index is 2.02. The van der Waals surface area contributed by atoms with Gasteiger partial charge in [0.15, 0.2) is 11.5 Å². The van der Waals surface area contributed by atoms with Crippen LogP contribution in [0.4, 0.5) is 0 Å². The summed E-state index contributed by atoms with van der Waals surface area (Å²) in [6.07, 6.45) is 3.64. The topological polar surface area (TPSA) is 77.1 Å². The number of likely N-dealkylation sites (tertiary alicyclic amines) is 1. The molecule has 8 heteroatoms. The van der Waals surface area contributed by atoms with E-state index in [2.05, 4.69) is 28.2 Å². The monoisotopic (exact) mass is 516 g/mol. The zero-order chi connectivity index (χ0) is 24.0. The first-order valence-electron chi connectivity index (χ1n) is 10.7. The fourth-order valence-corrected chi connectivity index (χ4v) is 4.15. The molecule has 1 N–H and O–H groups in total. The molecule has 0 bridgehead atoms. The smallest absolute Gasteiger partial charge is 0.270 e. The van der Waals surface area contributed by atoms with Crippen molar-refractivity contribution in [2.75, 3.05) is 34.4 Å². The van der Waals surface area contributed by atoms with E-state index >= 15 is 0 Å². The lowest BCUT2D eigenvalue weighted by Gasteiger charge is -2.31. The summed E-state index contributed by atoms with van der Waals surface area (Å²) in [6.45, 7) is 3.42. The summed E-state index contributed by atoms with van der Waals surface area (Å²) in [7, 11) is 4.57. The molecule has 0 aliphatic carbocycles. The largest absolute Gasteiger partial charge is 0.493 e. The lowest BCUT2D eigenvalue weighted by atomic mass is 10.00. The van der Waals surface area contributed by atoms with Crippen LogP contribution in [-0.2, 0) is 4.79 Å². The molecule has 7 nitrogen and oxygen atoms in total. The standard InChI is InChI=1S/C25H29BrN2O5/c1-16-6-5-13-28(15-16)25(30)20(27-24(29)17-7-10-19(26)11-8-17)14-18-9-12-21(31-2)23(33-4)22(18)32-3/h7-12,14,16H,5-6,13,15H2,1-4H3,(H,27,29)/b20-14-. The first-order chi connectivity index (χ1) is 15.9. The summed E-state index contributed by atoms with van der Waals surface area (Å²) in [5, 5.41) is 2.82. The average Bonchev–Trinajstić information content (AvgIpc) is 2.82. The summed E-state index contributed by atoms with van der Waals surface area (Å²) < 4.78 is 17.2. The van der Waals surface area contributed by atoms with E-state index in [1.807, 2.05) is 0 Å². The van der Waals surface area contributed by atoms with Crippen molar-refractivity contribution in [2.45, 2.75) is 19.8 Å². The number of ether oxygens (including phenoxy) is 3. The molecule has 2 amide bonds. The number of hydrogen-bond donors (Lipinski definition) is 1. The van der Waals surface area contributed by atoms with Gasteiger partial charge in [-0.3, -0.25) is 9.59 Å². The molecular weight excluding hydrogens is 488 g/mol. The van der Waals surface area contributed by atoms with Crippen molar-refractivity contribution >= 4 is 33.8 Å². The molecule has 2 aromatic carbocycles. The van der Waals surface area contributed by atoms with E-state index in [4.69, 9.17) is 14.2 Å². The van der Waals surface area contributed by atoms with Gasteiger partial charge in [0.05, 0.1) is 21.3 Å². The zero-order valence-corrected chi connectivity index (χ0v) is 20.9. The molecule has 3 rings (SSSR count). The van der Waals surface area contributed by atoms with Crippen LogP contribution in [-0.4, -0.2) is 51.1 Å². The van der Waals surface area contributed by atoms with Gasteiger partial charge in [0.2, 0.25) is 5.75 Å². The minimum Gasteiger partial charge on any atom is -0.493 e. The maximum atomic E-state index is 13.5. The number of nitrogens with one attached hydrogen (secondary N) is 1. The fraction of sp³-hybridized carbons (Fsp3) is 0.360. The normalized spacial score (nSPS) is 16.2. The van der Waals surface area contributed by atoms with E-state index in [-0.39, 0.29) is 17.5 Å². The molecule has 1 aliphatic heterocycles. The quantitative estimate of drug-likeness (QED) is 0.548. The molecule has 1 atom stereocenters. The summed E-state index contributed by atoms with van der Waals surface area (Å²) in [4.78, 5) is 28.2. The molecule has 0 saturated carbocycles. The molecule has 1 aliphatic rings. The minimum absolute atomic E-state index is 0.169. The highest BCUT2D eigenvalue weighted by Crippen LogP contribution is 2.40. The van der Waals surface area contributed by atoms with Crippen LogP contribution in [0.15, 0.2) is 46.6 Å². The Hall–Kier alpha value is -3.00. The van der Waals surface area contributed by atoms with Crippen molar-refractivity contribution in [3.05, 3.63) is 57.7 Å². The van der Waals surface area contributed by atoms with Crippen LogP contribution in [0.25, 0.3) is 6.08 Å². The van der Waals surface area contributed by atoms with Crippen LogP contribution < -0.4 is 19.5 Å². The van der Waals surface area contributed by atoms with E-state index in [1.54, 1.807) is 47.4 Å². The van der Waals surface area contributed by atoms with Crippen LogP contribution in [0.2, 0.25) is 0 Å². The van der Waals surface area contributed by atoms with Gasteiger partial charge in [0.25, 0.3) is 11.8 Å². The SMILES string of the molecule is COc1ccc(/C=C(\NC(=O)c2ccc(Br)cc2)C(=O)N2CCCC(C)C2)c(OC)c1OC. The second-order valence-corrected chi connectivity index (χ2v) is 8.86. The maximum Gasteiger partial charge on any atom is 0.270 e. The number of amides is 2. The Morgan fingerprint density at radius 2 is 1.73 bits per heavy atom. The van der Waals surface area contributed by atoms with Crippen molar-refractivity contribution < 1.29 is 23.8 Å². The van der Waals surface area contributed by atoms with Gasteiger partial charge >= 0.3 is 0 Å². The molecule has 1 heterocycles. The molecule has 0 spiro atoms. The average molecular weight is 517 g/mol. The molecular formula is C25H29BrN2O5. The number of carbonyl (C=O) groups is 2. The third-order valence-corrected chi connectivity index (χ3v) is 6.09.